The minimum absolute atomic E-state index is 0.0732. The normalized spacial score (nSPS) is 32.1. The molecule has 4 nitrogen and oxygen atoms in total. The van der Waals surface area contributed by atoms with Gasteiger partial charge in [0.25, 0.3) is 5.91 Å². The van der Waals surface area contributed by atoms with Crippen molar-refractivity contribution in [2.24, 2.45) is 17.6 Å². The number of nitrogens with two attached hydrogens (primary N) is 1. The quantitative estimate of drug-likeness (QED) is 0.751. The largest absolute Gasteiger partial charge is 0.370 e. The molecule has 0 aliphatic heterocycles. The molecule has 0 saturated heterocycles. The molecule has 0 radical (unpaired) electrons. The first-order chi connectivity index (χ1) is 7.60. The maximum Gasteiger partial charge on any atom is 0.250 e. The molecular formula is C12H24N2O2. The predicted molar refractivity (Wildman–Crippen MR) is 64.0 cm³/mol. The van der Waals surface area contributed by atoms with Crippen LogP contribution >= 0.6 is 0 Å². The summed E-state index contributed by atoms with van der Waals surface area (Å²) in [5.74, 6) is 1.14. The molecule has 1 fully saturated rings. The van der Waals surface area contributed by atoms with E-state index in [9.17, 15) is 4.79 Å². The Bertz CT molecular complexity index is 229. The number of methoxy groups -OCH3 is 1. The van der Waals surface area contributed by atoms with Crippen LogP contribution in [0, 0.1) is 11.8 Å². The van der Waals surface area contributed by atoms with Crippen molar-refractivity contribution in [3.63, 3.8) is 0 Å². The third-order valence-electron chi connectivity index (χ3n) is 3.83. The molecule has 0 spiro atoms. The van der Waals surface area contributed by atoms with Crippen molar-refractivity contribution in [1.82, 2.24) is 5.32 Å². The molecule has 4 atom stereocenters. The molecule has 1 saturated carbocycles. The molecule has 0 aromatic rings. The Morgan fingerprint density at radius 2 is 2.19 bits per heavy atom. The third-order valence-corrected chi connectivity index (χ3v) is 3.83. The molecule has 4 unspecified atom stereocenters. The van der Waals surface area contributed by atoms with Crippen molar-refractivity contribution < 1.29 is 9.53 Å². The van der Waals surface area contributed by atoms with E-state index in [1.807, 2.05) is 0 Å². The molecule has 1 aliphatic rings. The first kappa shape index (κ1) is 13.5. The number of ether oxygens (including phenoxy) is 1. The van der Waals surface area contributed by atoms with Gasteiger partial charge in [0.15, 0.2) is 0 Å². The number of hydrogen-bond donors (Lipinski definition) is 2. The Morgan fingerprint density at radius 3 is 2.75 bits per heavy atom. The Balaban J connectivity index is 2.49. The third kappa shape index (κ3) is 3.19. The topological polar surface area (TPSA) is 64.3 Å². The summed E-state index contributed by atoms with van der Waals surface area (Å²) < 4.78 is 5.03. The van der Waals surface area contributed by atoms with Crippen LogP contribution in [-0.2, 0) is 9.53 Å². The molecule has 1 amide bonds. The van der Waals surface area contributed by atoms with Gasteiger partial charge in [0.05, 0.1) is 0 Å². The first-order valence-electron chi connectivity index (χ1n) is 6.13. The van der Waals surface area contributed by atoms with Crippen molar-refractivity contribution in [3.05, 3.63) is 0 Å². The van der Waals surface area contributed by atoms with Crippen LogP contribution in [-0.4, -0.2) is 31.7 Å². The highest BCUT2D eigenvalue weighted by Gasteiger charge is 2.29. The average Bonchev–Trinajstić information content (AvgIpc) is 2.26. The molecule has 4 heteroatoms. The lowest BCUT2D eigenvalue weighted by molar-refractivity contribution is -0.132. The van der Waals surface area contributed by atoms with Crippen LogP contribution in [0.1, 0.15) is 33.1 Å². The average molecular weight is 228 g/mol. The van der Waals surface area contributed by atoms with Gasteiger partial charge in [-0.3, -0.25) is 4.79 Å². The van der Waals surface area contributed by atoms with Crippen molar-refractivity contribution in [2.75, 3.05) is 13.7 Å². The van der Waals surface area contributed by atoms with Crippen LogP contribution < -0.4 is 11.1 Å². The fraction of sp³-hybridized carbons (Fsp3) is 0.917. The van der Waals surface area contributed by atoms with Gasteiger partial charge in [0.1, 0.15) is 6.10 Å². The van der Waals surface area contributed by atoms with E-state index in [4.69, 9.17) is 10.5 Å². The summed E-state index contributed by atoms with van der Waals surface area (Å²) in [6.45, 7) is 4.69. The summed E-state index contributed by atoms with van der Waals surface area (Å²) in [6.07, 6.45) is 3.01. The second kappa shape index (κ2) is 6.21. The van der Waals surface area contributed by atoms with E-state index in [1.165, 1.54) is 20.0 Å². The Labute approximate surface area is 97.9 Å². The number of carbonyl (C=O) groups excluding carboxylic acids is 1. The van der Waals surface area contributed by atoms with Crippen LogP contribution in [0.3, 0.4) is 0 Å². The molecular weight excluding hydrogens is 204 g/mol. The maximum atomic E-state index is 11.8. The molecule has 0 aromatic carbocycles. The lowest BCUT2D eigenvalue weighted by Gasteiger charge is -2.35. The summed E-state index contributed by atoms with van der Waals surface area (Å²) in [5, 5.41) is 3.06. The minimum atomic E-state index is -0.510. The van der Waals surface area contributed by atoms with Gasteiger partial charge in [-0.2, -0.15) is 0 Å². The van der Waals surface area contributed by atoms with Gasteiger partial charge < -0.3 is 15.8 Å². The zero-order chi connectivity index (χ0) is 12.1. The van der Waals surface area contributed by atoms with Gasteiger partial charge in [-0.1, -0.05) is 26.7 Å². The standard InChI is InChI=1S/C12H24N2O2/c1-8-5-4-6-10(9(8)2)14-12(15)11(7-13)16-3/h8-11H,4-7,13H2,1-3H3,(H,14,15). The van der Waals surface area contributed by atoms with E-state index < -0.39 is 6.10 Å². The summed E-state index contributed by atoms with van der Waals surface area (Å²) in [4.78, 5) is 11.8. The molecule has 1 rings (SSSR count). The van der Waals surface area contributed by atoms with Crippen LogP contribution in [0.4, 0.5) is 0 Å². The molecule has 3 N–H and O–H groups in total. The van der Waals surface area contributed by atoms with Crippen molar-refractivity contribution in [3.8, 4) is 0 Å². The molecule has 0 aromatic heterocycles. The van der Waals surface area contributed by atoms with E-state index in [0.717, 1.165) is 6.42 Å². The predicted octanol–water partition coefficient (Wildman–Crippen LogP) is 0.901. The first-order valence-corrected chi connectivity index (χ1v) is 6.13. The van der Waals surface area contributed by atoms with Crippen molar-refractivity contribution in [2.45, 2.75) is 45.3 Å². The second-order valence-electron chi connectivity index (χ2n) is 4.84. The number of rotatable bonds is 4. The monoisotopic (exact) mass is 228 g/mol. The lowest BCUT2D eigenvalue weighted by Crippen LogP contribution is -2.49. The number of nitrogens with one attached hydrogen (secondary N) is 1. The summed E-state index contributed by atoms with van der Waals surface area (Å²) in [5.41, 5.74) is 5.47. The van der Waals surface area contributed by atoms with E-state index in [1.54, 1.807) is 0 Å². The molecule has 0 heterocycles. The Kier molecular flexibility index (Phi) is 5.22. The Morgan fingerprint density at radius 1 is 1.50 bits per heavy atom. The fourth-order valence-corrected chi connectivity index (χ4v) is 2.37. The van der Waals surface area contributed by atoms with Gasteiger partial charge in [-0.05, 0) is 18.3 Å². The van der Waals surface area contributed by atoms with Crippen LogP contribution in [0.25, 0.3) is 0 Å². The zero-order valence-corrected chi connectivity index (χ0v) is 10.5. The van der Waals surface area contributed by atoms with Crippen LogP contribution in [0.15, 0.2) is 0 Å². The zero-order valence-electron chi connectivity index (χ0n) is 10.5. The summed E-state index contributed by atoms with van der Waals surface area (Å²) >= 11 is 0. The molecule has 0 bridgehead atoms. The molecule has 1 aliphatic carbocycles. The van der Waals surface area contributed by atoms with E-state index in [0.29, 0.717) is 11.8 Å². The van der Waals surface area contributed by atoms with E-state index >= 15 is 0 Å². The fourth-order valence-electron chi connectivity index (χ4n) is 2.37. The maximum absolute atomic E-state index is 11.8. The Hall–Kier alpha value is -0.610. The van der Waals surface area contributed by atoms with Crippen molar-refractivity contribution >= 4 is 5.91 Å². The second-order valence-corrected chi connectivity index (χ2v) is 4.84. The number of amides is 1. The smallest absolute Gasteiger partial charge is 0.250 e. The van der Waals surface area contributed by atoms with Gasteiger partial charge in [-0.25, -0.2) is 0 Å². The highest BCUT2D eigenvalue weighted by Crippen LogP contribution is 2.29. The van der Waals surface area contributed by atoms with Gasteiger partial charge in [-0.15, -0.1) is 0 Å². The summed E-state index contributed by atoms with van der Waals surface area (Å²) in [7, 11) is 1.52. The van der Waals surface area contributed by atoms with Gasteiger partial charge in [0.2, 0.25) is 0 Å². The highest BCUT2D eigenvalue weighted by atomic mass is 16.5. The molecule has 94 valence electrons. The van der Waals surface area contributed by atoms with E-state index in [-0.39, 0.29) is 18.5 Å². The number of hydrogen-bond acceptors (Lipinski definition) is 3. The van der Waals surface area contributed by atoms with Crippen LogP contribution in [0.5, 0.6) is 0 Å². The van der Waals surface area contributed by atoms with Crippen LogP contribution in [0.2, 0.25) is 0 Å². The van der Waals surface area contributed by atoms with Crippen molar-refractivity contribution in [1.29, 1.82) is 0 Å². The van der Waals surface area contributed by atoms with Gasteiger partial charge in [0, 0.05) is 19.7 Å². The highest BCUT2D eigenvalue weighted by molar-refractivity contribution is 5.81. The molecule has 16 heavy (non-hydrogen) atoms. The minimum Gasteiger partial charge on any atom is -0.370 e. The lowest BCUT2D eigenvalue weighted by atomic mass is 9.78. The SMILES string of the molecule is COC(CN)C(=O)NC1CCCC(C)C1C. The summed E-state index contributed by atoms with van der Waals surface area (Å²) in [6, 6.07) is 0.278. The number of carbonyl (C=O) groups is 1. The van der Waals surface area contributed by atoms with E-state index in [2.05, 4.69) is 19.2 Å². The van der Waals surface area contributed by atoms with Gasteiger partial charge >= 0.3 is 0 Å².